The van der Waals surface area contributed by atoms with Gasteiger partial charge < -0.3 is 10.6 Å². The molecule has 0 aromatic rings. The molecule has 0 heterocycles. The average Bonchev–Trinajstić information content (AvgIpc) is 3.03. The molecule has 0 bridgehead atoms. The van der Waals surface area contributed by atoms with Gasteiger partial charge in [0.1, 0.15) is 5.71 Å². The Morgan fingerprint density at radius 1 is 1.56 bits per heavy atom. The topological polar surface area (TPSA) is 70.6 Å². The monoisotopic (exact) mass is 225 g/mol. The van der Waals surface area contributed by atoms with E-state index in [4.69, 9.17) is 0 Å². The van der Waals surface area contributed by atoms with Crippen LogP contribution in [0.3, 0.4) is 0 Å². The molecular weight excluding hydrogens is 206 g/mol. The fraction of sp³-hybridized carbons (Fsp3) is 0.727. The molecule has 2 amide bonds. The van der Waals surface area contributed by atoms with E-state index in [1.165, 1.54) is 0 Å². The average molecular weight is 225 g/mol. The van der Waals surface area contributed by atoms with E-state index in [2.05, 4.69) is 15.6 Å². The van der Waals surface area contributed by atoms with E-state index in [1.54, 1.807) is 7.05 Å². The predicted octanol–water partition coefficient (Wildman–Crippen LogP) is 0.251. The molecule has 90 valence electrons. The van der Waals surface area contributed by atoms with Crippen LogP contribution in [0.25, 0.3) is 0 Å². The third kappa shape index (κ3) is 3.64. The SMILES string of the molecule is CCCC(NC=O)C(=NC)C(=O)NC1CC1. The lowest BCUT2D eigenvalue weighted by Gasteiger charge is -2.17. The van der Waals surface area contributed by atoms with Gasteiger partial charge in [-0.1, -0.05) is 13.3 Å². The van der Waals surface area contributed by atoms with Crippen LogP contribution in [0.15, 0.2) is 4.99 Å². The number of nitrogens with zero attached hydrogens (tertiary/aromatic N) is 1. The van der Waals surface area contributed by atoms with Gasteiger partial charge >= 0.3 is 0 Å². The first-order valence-electron chi connectivity index (χ1n) is 5.70. The molecule has 0 radical (unpaired) electrons. The summed E-state index contributed by atoms with van der Waals surface area (Å²) in [6.07, 6.45) is 4.32. The van der Waals surface area contributed by atoms with Crippen molar-refractivity contribution in [1.82, 2.24) is 10.6 Å². The van der Waals surface area contributed by atoms with Gasteiger partial charge in [0.25, 0.3) is 5.91 Å². The van der Waals surface area contributed by atoms with Gasteiger partial charge in [-0.25, -0.2) is 0 Å². The van der Waals surface area contributed by atoms with Gasteiger partial charge in [-0.3, -0.25) is 14.6 Å². The smallest absolute Gasteiger partial charge is 0.267 e. The van der Waals surface area contributed by atoms with Crippen molar-refractivity contribution in [2.24, 2.45) is 4.99 Å². The molecule has 5 heteroatoms. The third-order valence-electron chi connectivity index (χ3n) is 2.56. The molecule has 16 heavy (non-hydrogen) atoms. The lowest BCUT2D eigenvalue weighted by molar-refractivity contribution is -0.115. The number of hydrogen-bond acceptors (Lipinski definition) is 3. The maximum Gasteiger partial charge on any atom is 0.267 e. The van der Waals surface area contributed by atoms with Gasteiger partial charge in [-0.15, -0.1) is 0 Å². The molecule has 0 aromatic heterocycles. The van der Waals surface area contributed by atoms with Crippen molar-refractivity contribution in [3.8, 4) is 0 Å². The molecule has 1 aliphatic carbocycles. The zero-order valence-electron chi connectivity index (χ0n) is 9.82. The van der Waals surface area contributed by atoms with Gasteiger partial charge in [-0.05, 0) is 19.3 Å². The normalized spacial score (nSPS) is 17.8. The van der Waals surface area contributed by atoms with Crippen molar-refractivity contribution in [2.75, 3.05) is 7.05 Å². The molecule has 0 spiro atoms. The molecule has 0 aliphatic heterocycles. The van der Waals surface area contributed by atoms with Crippen LogP contribution in [0.2, 0.25) is 0 Å². The highest BCUT2D eigenvalue weighted by molar-refractivity contribution is 6.41. The fourth-order valence-corrected chi connectivity index (χ4v) is 1.57. The molecule has 1 rings (SSSR count). The van der Waals surface area contributed by atoms with E-state index >= 15 is 0 Å². The molecule has 1 fully saturated rings. The van der Waals surface area contributed by atoms with E-state index < -0.39 is 0 Å². The number of hydrogen-bond donors (Lipinski definition) is 2. The van der Waals surface area contributed by atoms with E-state index in [0.717, 1.165) is 25.7 Å². The van der Waals surface area contributed by atoms with Crippen molar-refractivity contribution in [3.63, 3.8) is 0 Å². The number of carbonyl (C=O) groups excluding carboxylic acids is 2. The highest BCUT2D eigenvalue weighted by Crippen LogP contribution is 2.18. The van der Waals surface area contributed by atoms with E-state index in [-0.39, 0.29) is 11.9 Å². The highest BCUT2D eigenvalue weighted by atomic mass is 16.2. The Morgan fingerprint density at radius 2 is 2.25 bits per heavy atom. The largest absolute Gasteiger partial charge is 0.350 e. The quantitative estimate of drug-likeness (QED) is 0.481. The summed E-state index contributed by atoms with van der Waals surface area (Å²) in [5, 5.41) is 5.51. The molecule has 2 N–H and O–H groups in total. The van der Waals surface area contributed by atoms with Gasteiger partial charge in [0.15, 0.2) is 0 Å². The van der Waals surface area contributed by atoms with Crippen LogP contribution in [-0.2, 0) is 9.59 Å². The van der Waals surface area contributed by atoms with Crippen LogP contribution in [-0.4, -0.2) is 37.2 Å². The first-order valence-corrected chi connectivity index (χ1v) is 5.70. The van der Waals surface area contributed by atoms with E-state index in [1.807, 2.05) is 6.92 Å². The van der Waals surface area contributed by atoms with Crippen LogP contribution in [0.5, 0.6) is 0 Å². The minimum Gasteiger partial charge on any atom is -0.350 e. The number of amides is 2. The van der Waals surface area contributed by atoms with Crippen LogP contribution < -0.4 is 10.6 Å². The minimum absolute atomic E-state index is 0.155. The second kappa shape index (κ2) is 6.25. The summed E-state index contributed by atoms with van der Waals surface area (Å²) >= 11 is 0. The van der Waals surface area contributed by atoms with Crippen molar-refractivity contribution < 1.29 is 9.59 Å². The molecule has 0 aromatic carbocycles. The summed E-state index contributed by atoms with van der Waals surface area (Å²) < 4.78 is 0. The van der Waals surface area contributed by atoms with Crippen molar-refractivity contribution in [1.29, 1.82) is 0 Å². The Bertz CT molecular complexity index is 285. The van der Waals surface area contributed by atoms with Gasteiger partial charge in [-0.2, -0.15) is 0 Å². The molecule has 1 aliphatic rings. The van der Waals surface area contributed by atoms with Crippen molar-refractivity contribution >= 4 is 18.0 Å². The Hall–Kier alpha value is -1.39. The predicted molar refractivity (Wildman–Crippen MR) is 62.4 cm³/mol. The zero-order chi connectivity index (χ0) is 12.0. The van der Waals surface area contributed by atoms with E-state index in [9.17, 15) is 9.59 Å². The molecule has 1 atom stereocenters. The fourth-order valence-electron chi connectivity index (χ4n) is 1.57. The lowest BCUT2D eigenvalue weighted by Crippen LogP contribution is -2.45. The van der Waals surface area contributed by atoms with Crippen molar-refractivity contribution in [3.05, 3.63) is 0 Å². The Balaban J connectivity index is 2.60. The summed E-state index contributed by atoms with van der Waals surface area (Å²) in [6, 6.07) is 0.0361. The number of nitrogens with one attached hydrogen (secondary N) is 2. The Morgan fingerprint density at radius 3 is 2.69 bits per heavy atom. The van der Waals surface area contributed by atoms with Crippen LogP contribution in [0.4, 0.5) is 0 Å². The summed E-state index contributed by atoms with van der Waals surface area (Å²) in [6.45, 7) is 2.01. The zero-order valence-corrected chi connectivity index (χ0v) is 9.82. The standard InChI is InChI=1S/C11H19N3O2/c1-3-4-9(13-7-15)10(12-2)11(16)14-8-5-6-8/h7-9H,3-6H2,1-2H3,(H,13,15)(H,14,16). The van der Waals surface area contributed by atoms with Gasteiger partial charge in [0.2, 0.25) is 6.41 Å². The minimum atomic E-state index is -0.272. The number of aliphatic imine (C=N–C) groups is 1. The highest BCUT2D eigenvalue weighted by Gasteiger charge is 2.28. The molecule has 1 saturated carbocycles. The van der Waals surface area contributed by atoms with Crippen LogP contribution in [0.1, 0.15) is 32.6 Å². The number of carbonyl (C=O) groups is 2. The Labute approximate surface area is 95.7 Å². The van der Waals surface area contributed by atoms with E-state index in [0.29, 0.717) is 18.2 Å². The first-order chi connectivity index (χ1) is 7.72. The second-order valence-electron chi connectivity index (χ2n) is 3.98. The molecule has 1 unspecified atom stereocenters. The first kappa shape index (κ1) is 12.7. The van der Waals surface area contributed by atoms with Gasteiger partial charge in [0, 0.05) is 13.1 Å². The summed E-state index contributed by atoms with van der Waals surface area (Å²) in [5.74, 6) is -0.155. The van der Waals surface area contributed by atoms with Crippen LogP contribution in [0, 0.1) is 0 Å². The van der Waals surface area contributed by atoms with Gasteiger partial charge in [0.05, 0.1) is 6.04 Å². The molecule has 0 saturated heterocycles. The van der Waals surface area contributed by atoms with Crippen molar-refractivity contribution in [2.45, 2.75) is 44.7 Å². The maximum absolute atomic E-state index is 11.8. The molecular formula is C11H19N3O2. The lowest BCUT2D eigenvalue weighted by atomic mass is 10.1. The Kier molecular flexibility index (Phi) is 4.95. The van der Waals surface area contributed by atoms with Crippen LogP contribution >= 0.6 is 0 Å². The maximum atomic E-state index is 11.8. The molecule has 5 nitrogen and oxygen atoms in total. The third-order valence-corrected chi connectivity index (χ3v) is 2.56. The summed E-state index contributed by atoms with van der Waals surface area (Å²) in [4.78, 5) is 26.3. The number of rotatable bonds is 7. The summed E-state index contributed by atoms with van der Waals surface area (Å²) in [5.41, 5.74) is 0.417. The second-order valence-corrected chi connectivity index (χ2v) is 3.98. The summed E-state index contributed by atoms with van der Waals surface area (Å²) in [7, 11) is 1.58.